The van der Waals surface area contributed by atoms with Crippen molar-refractivity contribution < 1.29 is 19.1 Å². The Morgan fingerprint density at radius 1 is 0.958 bits per heavy atom. The SMILES string of the molecule is CC(=O)O[C@@H]1c2ccccc2C[C@@]2(OC(C)=O)c3ccccc3[C@H]12. The molecule has 0 saturated carbocycles. The quantitative estimate of drug-likeness (QED) is 0.795. The predicted molar refractivity (Wildman–Crippen MR) is 87.3 cm³/mol. The molecule has 4 rings (SSSR count). The average molecular weight is 322 g/mol. The van der Waals surface area contributed by atoms with Crippen LogP contribution in [0.1, 0.15) is 48.1 Å². The van der Waals surface area contributed by atoms with Crippen LogP contribution in [0.15, 0.2) is 48.5 Å². The third-order valence-corrected chi connectivity index (χ3v) is 4.99. The summed E-state index contributed by atoms with van der Waals surface area (Å²) in [5.74, 6) is -0.829. The van der Waals surface area contributed by atoms with Gasteiger partial charge in [-0.05, 0) is 16.7 Å². The highest BCUT2D eigenvalue weighted by Crippen LogP contribution is 2.63. The third kappa shape index (κ3) is 1.99. The van der Waals surface area contributed by atoms with E-state index in [0.29, 0.717) is 6.42 Å². The molecule has 2 aromatic rings. The van der Waals surface area contributed by atoms with Crippen LogP contribution in [-0.2, 0) is 31.1 Å². The Hall–Kier alpha value is -2.62. The summed E-state index contributed by atoms with van der Waals surface area (Å²) >= 11 is 0. The number of carbonyl (C=O) groups excluding carboxylic acids is 2. The van der Waals surface area contributed by atoms with Gasteiger partial charge in [0.2, 0.25) is 0 Å². The number of hydrogen-bond acceptors (Lipinski definition) is 4. The van der Waals surface area contributed by atoms with Gasteiger partial charge >= 0.3 is 11.9 Å². The molecule has 0 aliphatic heterocycles. The van der Waals surface area contributed by atoms with Crippen molar-refractivity contribution in [1.29, 1.82) is 0 Å². The topological polar surface area (TPSA) is 52.6 Å². The Bertz CT molecular complexity index is 810. The monoisotopic (exact) mass is 322 g/mol. The Balaban J connectivity index is 1.91. The zero-order chi connectivity index (χ0) is 16.9. The minimum atomic E-state index is -0.753. The first-order chi connectivity index (χ1) is 11.5. The molecule has 0 bridgehead atoms. The second kappa shape index (κ2) is 5.20. The van der Waals surface area contributed by atoms with Crippen LogP contribution in [0.3, 0.4) is 0 Å². The van der Waals surface area contributed by atoms with E-state index in [-0.39, 0.29) is 17.9 Å². The number of fused-ring (bicyclic) bond motifs is 5. The first kappa shape index (κ1) is 14.9. The maximum absolute atomic E-state index is 11.8. The molecular weight excluding hydrogens is 304 g/mol. The van der Waals surface area contributed by atoms with E-state index in [1.54, 1.807) is 0 Å². The minimum absolute atomic E-state index is 0.170. The highest BCUT2D eigenvalue weighted by atomic mass is 16.6. The number of esters is 2. The molecule has 0 aromatic heterocycles. The van der Waals surface area contributed by atoms with E-state index in [1.165, 1.54) is 13.8 Å². The Labute approximate surface area is 140 Å². The van der Waals surface area contributed by atoms with Gasteiger partial charge in [-0.1, -0.05) is 48.5 Å². The van der Waals surface area contributed by atoms with Gasteiger partial charge in [-0.2, -0.15) is 0 Å². The average Bonchev–Trinajstić information content (AvgIpc) is 2.53. The zero-order valence-electron chi connectivity index (χ0n) is 13.6. The van der Waals surface area contributed by atoms with Crippen LogP contribution in [0.4, 0.5) is 0 Å². The van der Waals surface area contributed by atoms with E-state index in [4.69, 9.17) is 9.47 Å². The molecule has 0 spiro atoms. The summed E-state index contributed by atoms with van der Waals surface area (Å²) in [6.07, 6.45) is 0.157. The molecule has 4 nitrogen and oxygen atoms in total. The summed E-state index contributed by atoms with van der Waals surface area (Å²) in [4.78, 5) is 23.5. The van der Waals surface area contributed by atoms with Crippen LogP contribution in [0.25, 0.3) is 0 Å². The normalized spacial score (nSPS) is 26.2. The largest absolute Gasteiger partial charge is 0.457 e. The number of carbonyl (C=O) groups is 2. The molecule has 0 heterocycles. The van der Waals surface area contributed by atoms with E-state index in [0.717, 1.165) is 22.3 Å². The van der Waals surface area contributed by atoms with Gasteiger partial charge in [0.15, 0.2) is 5.60 Å². The van der Waals surface area contributed by atoms with Gasteiger partial charge in [-0.3, -0.25) is 9.59 Å². The van der Waals surface area contributed by atoms with Crippen molar-refractivity contribution in [1.82, 2.24) is 0 Å². The van der Waals surface area contributed by atoms with Crippen molar-refractivity contribution in [2.45, 2.75) is 37.9 Å². The lowest BCUT2D eigenvalue weighted by molar-refractivity contribution is -0.179. The van der Waals surface area contributed by atoms with Crippen LogP contribution in [0.5, 0.6) is 0 Å². The molecule has 2 aromatic carbocycles. The lowest BCUT2D eigenvalue weighted by Gasteiger charge is -2.55. The number of benzene rings is 2. The van der Waals surface area contributed by atoms with E-state index >= 15 is 0 Å². The summed E-state index contributed by atoms with van der Waals surface area (Å²) < 4.78 is 11.5. The van der Waals surface area contributed by atoms with Gasteiger partial charge in [0, 0.05) is 25.8 Å². The van der Waals surface area contributed by atoms with Crippen LogP contribution in [0, 0.1) is 0 Å². The minimum Gasteiger partial charge on any atom is -0.457 e. The van der Waals surface area contributed by atoms with Crippen molar-refractivity contribution in [2.75, 3.05) is 0 Å². The fraction of sp³-hybridized carbons (Fsp3) is 0.300. The van der Waals surface area contributed by atoms with Crippen molar-refractivity contribution in [2.24, 2.45) is 0 Å². The molecule has 2 aliphatic carbocycles. The molecule has 0 amide bonds. The first-order valence-corrected chi connectivity index (χ1v) is 8.07. The molecular formula is C20H18O4. The van der Waals surface area contributed by atoms with Crippen molar-refractivity contribution in [3.8, 4) is 0 Å². The summed E-state index contributed by atoms with van der Waals surface area (Å²) in [5, 5.41) is 0. The lowest BCUT2D eigenvalue weighted by Crippen LogP contribution is -2.54. The molecule has 24 heavy (non-hydrogen) atoms. The predicted octanol–water partition coefficient (Wildman–Crippen LogP) is 3.40. The van der Waals surface area contributed by atoms with Crippen LogP contribution < -0.4 is 0 Å². The van der Waals surface area contributed by atoms with Gasteiger partial charge in [-0.25, -0.2) is 0 Å². The van der Waals surface area contributed by atoms with Crippen LogP contribution in [-0.4, -0.2) is 11.9 Å². The van der Waals surface area contributed by atoms with Gasteiger partial charge in [0.05, 0.1) is 5.92 Å². The number of ether oxygens (including phenoxy) is 2. The molecule has 0 saturated heterocycles. The fourth-order valence-electron chi connectivity index (χ4n) is 4.26. The summed E-state index contributed by atoms with van der Waals surface area (Å²) in [5.41, 5.74) is 3.39. The van der Waals surface area contributed by atoms with Crippen molar-refractivity contribution >= 4 is 11.9 Å². The Kier molecular flexibility index (Phi) is 3.23. The molecule has 3 atom stereocenters. The maximum Gasteiger partial charge on any atom is 0.303 e. The molecule has 0 N–H and O–H groups in total. The maximum atomic E-state index is 11.8. The van der Waals surface area contributed by atoms with Crippen LogP contribution in [0.2, 0.25) is 0 Å². The third-order valence-electron chi connectivity index (χ3n) is 4.99. The number of hydrogen-bond donors (Lipinski definition) is 0. The lowest BCUT2D eigenvalue weighted by atomic mass is 9.55. The standard InChI is InChI=1S/C20H18O4/c1-12(21)23-19-15-8-4-3-7-14(15)11-20(24-13(2)22)17-10-6-5-9-16(17)18(19)20/h3-10,18-19H,11H2,1-2H3/t18-,19-,20-/m1/s1. The van der Waals surface area contributed by atoms with E-state index in [2.05, 4.69) is 0 Å². The molecule has 4 heteroatoms. The van der Waals surface area contributed by atoms with Gasteiger partial charge in [0.25, 0.3) is 0 Å². The molecule has 0 radical (unpaired) electrons. The van der Waals surface area contributed by atoms with E-state index in [9.17, 15) is 9.59 Å². The Morgan fingerprint density at radius 2 is 1.62 bits per heavy atom. The van der Waals surface area contributed by atoms with E-state index < -0.39 is 11.7 Å². The van der Waals surface area contributed by atoms with Crippen molar-refractivity contribution in [3.05, 3.63) is 70.8 Å². The summed E-state index contributed by atoms with van der Waals surface area (Å²) in [6.45, 7) is 2.84. The highest BCUT2D eigenvalue weighted by molar-refractivity contribution is 5.70. The van der Waals surface area contributed by atoms with Gasteiger partial charge in [-0.15, -0.1) is 0 Å². The smallest absolute Gasteiger partial charge is 0.303 e. The summed E-state index contributed by atoms with van der Waals surface area (Å²) in [6, 6.07) is 15.8. The second-order valence-corrected chi connectivity index (χ2v) is 6.45. The molecule has 122 valence electrons. The zero-order valence-corrected chi connectivity index (χ0v) is 13.6. The Morgan fingerprint density at radius 3 is 2.33 bits per heavy atom. The second-order valence-electron chi connectivity index (χ2n) is 6.45. The fourth-order valence-corrected chi connectivity index (χ4v) is 4.26. The molecule has 2 aliphatic rings. The van der Waals surface area contributed by atoms with Crippen molar-refractivity contribution in [3.63, 3.8) is 0 Å². The molecule has 0 unspecified atom stereocenters. The van der Waals surface area contributed by atoms with E-state index in [1.807, 2.05) is 48.5 Å². The molecule has 0 fully saturated rings. The summed E-state index contributed by atoms with van der Waals surface area (Å²) in [7, 11) is 0. The number of rotatable bonds is 2. The van der Waals surface area contributed by atoms with Crippen LogP contribution >= 0.6 is 0 Å². The first-order valence-electron chi connectivity index (χ1n) is 8.07. The van der Waals surface area contributed by atoms with Gasteiger partial charge < -0.3 is 9.47 Å². The highest BCUT2D eigenvalue weighted by Gasteiger charge is 2.61. The van der Waals surface area contributed by atoms with Gasteiger partial charge in [0.1, 0.15) is 6.10 Å².